The number of benzene rings is 3. The lowest BCUT2D eigenvalue weighted by atomic mass is 9.73. The molecule has 79 heavy (non-hydrogen) atoms. The van der Waals surface area contributed by atoms with Crippen molar-refractivity contribution < 1.29 is 61.5 Å². The van der Waals surface area contributed by atoms with Crippen LogP contribution in [0.4, 0.5) is 0 Å². The van der Waals surface area contributed by atoms with Crippen molar-refractivity contribution in [1.82, 2.24) is 14.7 Å². The Kier molecular flexibility index (Phi) is 23.4. The molecule has 3 aliphatic rings. The zero-order valence-electron chi connectivity index (χ0n) is 46.8. The average molecular weight is 1100 g/mol. The molecule has 3 atom stereocenters. The van der Waals surface area contributed by atoms with E-state index < -0.39 is 74.0 Å². The third-order valence-electron chi connectivity index (χ3n) is 14.4. The summed E-state index contributed by atoms with van der Waals surface area (Å²) >= 11 is 0. The van der Waals surface area contributed by atoms with Crippen LogP contribution in [0.1, 0.15) is 111 Å². The van der Waals surface area contributed by atoms with Crippen LogP contribution in [-0.4, -0.2) is 131 Å². The third kappa shape index (κ3) is 15.4. The van der Waals surface area contributed by atoms with E-state index in [0.29, 0.717) is 42.4 Å². The van der Waals surface area contributed by atoms with Crippen LogP contribution in [0, 0.1) is 16.2 Å². The van der Waals surface area contributed by atoms with E-state index in [1.54, 1.807) is 97.1 Å². The lowest BCUT2D eigenvalue weighted by Gasteiger charge is -2.45. The summed E-state index contributed by atoms with van der Waals surface area (Å²) in [5.74, 6) is -4.57. The van der Waals surface area contributed by atoms with Gasteiger partial charge in [0.1, 0.15) is 30.7 Å². The molecule has 6 rings (SSSR count). The van der Waals surface area contributed by atoms with Crippen molar-refractivity contribution in [2.24, 2.45) is 16.2 Å². The largest absolute Gasteiger partial charge is 0.461 e. The Balaban J connectivity index is 0.000000260. The molecule has 3 fully saturated rings. The highest BCUT2D eigenvalue weighted by Gasteiger charge is 2.55. The number of ether oxygens (including phenoxy) is 3. The third-order valence-corrected chi connectivity index (χ3v) is 18.1. The summed E-state index contributed by atoms with van der Waals surface area (Å²) in [7, 11) is -1.42. The molecule has 3 aliphatic heterocycles. The van der Waals surface area contributed by atoms with Crippen LogP contribution in [-0.2, 0) is 47.2 Å². The monoisotopic (exact) mass is 1100 g/mol. The molecular formula is C62H77N3O13S. The van der Waals surface area contributed by atoms with Crippen LogP contribution in [0.2, 0.25) is 0 Å². The molecule has 0 spiro atoms. The van der Waals surface area contributed by atoms with Crippen LogP contribution in [0.25, 0.3) is 0 Å². The number of amides is 6. The maximum absolute atomic E-state index is 13.5. The Morgan fingerprint density at radius 2 is 0.949 bits per heavy atom. The number of hydrogen-bond acceptors (Lipinski definition) is 13. The van der Waals surface area contributed by atoms with Crippen molar-refractivity contribution in [1.29, 1.82) is 0 Å². The highest BCUT2D eigenvalue weighted by Crippen LogP contribution is 2.54. The maximum Gasteiger partial charge on any atom is 0.322 e. The van der Waals surface area contributed by atoms with Gasteiger partial charge in [0.15, 0.2) is 5.41 Å². The van der Waals surface area contributed by atoms with Crippen LogP contribution in [0.5, 0.6) is 0 Å². The number of likely N-dealkylation sites (tertiary alicyclic amines) is 3. The summed E-state index contributed by atoms with van der Waals surface area (Å²) in [6.45, 7) is 25.1. The van der Waals surface area contributed by atoms with E-state index >= 15 is 0 Å². The summed E-state index contributed by atoms with van der Waals surface area (Å²) in [5.41, 5.74) is -2.15. The minimum atomic E-state index is -1.43. The van der Waals surface area contributed by atoms with Crippen LogP contribution in [0.15, 0.2) is 153 Å². The SMILES string of the molecule is C=CCOC(=O)C1(C)CCN(C(=O)c2ccccc2)C1=O.C=CCOC(=O)C1(C/C(C=C)=C/C)CCCN(C(=O)c2ccccc2)C1=O.C=CCOC(=O)C1(CCOS(C)(C)C(C)(C)C)CCCN(C(=O)c2ccccc2)C1=O. The number of carbonyl (C=O) groups excluding carboxylic acids is 9. The fourth-order valence-corrected chi connectivity index (χ4v) is 9.72. The molecule has 3 heterocycles. The lowest BCUT2D eigenvalue weighted by Crippen LogP contribution is -2.55. The van der Waals surface area contributed by atoms with Crippen molar-refractivity contribution in [2.45, 2.75) is 84.3 Å². The van der Waals surface area contributed by atoms with Crippen LogP contribution in [0.3, 0.4) is 0 Å². The number of hydrogen-bond donors (Lipinski definition) is 0. The summed E-state index contributed by atoms with van der Waals surface area (Å²) in [6.07, 6.45) is 14.2. The second kappa shape index (κ2) is 28.9. The van der Waals surface area contributed by atoms with Gasteiger partial charge in [-0.05, 0) is 108 Å². The molecule has 424 valence electrons. The highest BCUT2D eigenvalue weighted by molar-refractivity contribution is 8.29. The molecule has 0 radical (unpaired) electrons. The zero-order valence-corrected chi connectivity index (χ0v) is 47.6. The van der Waals surface area contributed by atoms with E-state index in [0.717, 1.165) is 10.5 Å². The Hall–Kier alpha value is -7.50. The van der Waals surface area contributed by atoms with Gasteiger partial charge >= 0.3 is 17.9 Å². The molecule has 0 aromatic heterocycles. The highest BCUT2D eigenvalue weighted by atomic mass is 32.3. The Morgan fingerprint density at radius 3 is 1.34 bits per heavy atom. The van der Waals surface area contributed by atoms with Crippen molar-refractivity contribution in [3.63, 3.8) is 0 Å². The van der Waals surface area contributed by atoms with Crippen molar-refractivity contribution in [3.05, 3.63) is 170 Å². The number of carbonyl (C=O) groups is 9. The Morgan fingerprint density at radius 1 is 0.570 bits per heavy atom. The second-order valence-electron chi connectivity index (χ2n) is 20.7. The van der Waals surface area contributed by atoms with E-state index in [1.807, 2.05) is 13.0 Å². The Labute approximate surface area is 467 Å². The summed E-state index contributed by atoms with van der Waals surface area (Å²) in [6, 6.07) is 25.8. The lowest BCUT2D eigenvalue weighted by molar-refractivity contribution is -0.168. The molecule has 0 aliphatic carbocycles. The number of nitrogens with zero attached hydrogens (tertiary/aromatic N) is 3. The normalized spacial score (nSPS) is 20.5. The van der Waals surface area contributed by atoms with Crippen molar-refractivity contribution >= 4 is 63.7 Å². The predicted molar refractivity (Wildman–Crippen MR) is 305 cm³/mol. The van der Waals surface area contributed by atoms with Gasteiger partial charge in [0, 0.05) is 41.1 Å². The second-order valence-corrected chi connectivity index (χ2v) is 24.6. The maximum atomic E-state index is 13.5. The van der Waals surface area contributed by atoms with Gasteiger partial charge in [-0.1, -0.05) is 138 Å². The smallest absolute Gasteiger partial charge is 0.322 e. The first-order valence-electron chi connectivity index (χ1n) is 26.2. The van der Waals surface area contributed by atoms with Gasteiger partial charge in [-0.15, -0.1) is 10.3 Å². The van der Waals surface area contributed by atoms with E-state index in [4.69, 9.17) is 18.4 Å². The number of rotatable bonds is 19. The first-order chi connectivity index (χ1) is 37.5. The molecule has 0 saturated carbocycles. The molecule has 0 N–H and O–H groups in total. The molecule has 17 heteroatoms. The fraction of sp³-hybridized carbons (Fsp3) is 0.403. The van der Waals surface area contributed by atoms with Gasteiger partial charge in [-0.25, -0.2) is 0 Å². The van der Waals surface area contributed by atoms with E-state index in [2.05, 4.69) is 59.6 Å². The number of imide groups is 3. The summed E-state index contributed by atoms with van der Waals surface area (Å²) in [5, 5.41) is 0. The van der Waals surface area contributed by atoms with Gasteiger partial charge in [-0.2, -0.15) is 0 Å². The van der Waals surface area contributed by atoms with E-state index in [-0.39, 0.29) is 76.0 Å². The van der Waals surface area contributed by atoms with Gasteiger partial charge in [0.25, 0.3) is 17.7 Å². The Bertz CT molecular complexity index is 2750. The first-order valence-corrected chi connectivity index (χ1v) is 28.6. The predicted octanol–water partition coefficient (Wildman–Crippen LogP) is 9.83. The van der Waals surface area contributed by atoms with Crippen LogP contribution < -0.4 is 0 Å². The fourth-order valence-electron chi connectivity index (χ4n) is 8.86. The standard InChI is InChI=1S/C24H35NO5S.C22H25NO4.C16H17NO4/c1-7-17-29-22(28)24(15-18-30-31(5,6)23(2,3)4)14-11-16-25(21(24)27)20(26)19-12-9-8-10-13-19;1-4-15-27-21(26)22(16-17(5-2)6-3)13-10-14-23(20(22)25)19(24)18-11-8-7-9-12-18;1-3-11-21-15(20)16(2)9-10-17(14(16)19)13(18)12-7-5-4-6-8-12/h7-10,12-13H,1,11,14-18H2,2-6H3;4-9,11-12H,1-2,10,13-16H2,3H3;3-8H,1,9-11H2,2H3/b;17-6+;. The molecule has 6 amide bonds. The van der Waals surface area contributed by atoms with Gasteiger partial charge in [0.05, 0.1) is 6.61 Å². The molecule has 3 saturated heterocycles. The van der Waals surface area contributed by atoms with Gasteiger partial charge in [-0.3, -0.25) is 57.9 Å². The topological polar surface area (TPSA) is 200 Å². The number of esters is 3. The molecule has 3 unspecified atom stereocenters. The van der Waals surface area contributed by atoms with E-state index in [1.165, 1.54) is 35.0 Å². The minimum Gasteiger partial charge on any atom is -0.461 e. The van der Waals surface area contributed by atoms with Crippen LogP contribution >= 0.6 is 10.3 Å². The van der Waals surface area contributed by atoms with Gasteiger partial charge < -0.3 is 18.4 Å². The van der Waals surface area contributed by atoms with E-state index in [9.17, 15) is 43.2 Å². The quantitative estimate of drug-likeness (QED) is 0.0275. The molecule has 16 nitrogen and oxygen atoms in total. The molecule has 3 aromatic rings. The number of piperidine rings is 2. The average Bonchev–Trinajstić information content (AvgIpc) is 3.78. The molecule has 3 aromatic carbocycles. The zero-order chi connectivity index (χ0) is 58.6. The van der Waals surface area contributed by atoms with Crippen molar-refractivity contribution in [2.75, 3.05) is 58.6 Å². The summed E-state index contributed by atoms with van der Waals surface area (Å²) in [4.78, 5) is 119. The van der Waals surface area contributed by atoms with Crippen molar-refractivity contribution in [3.8, 4) is 0 Å². The molecular weight excluding hydrogens is 1030 g/mol. The molecule has 0 bridgehead atoms. The minimum absolute atomic E-state index is 0.0136. The van der Waals surface area contributed by atoms with Gasteiger partial charge in [0.2, 0.25) is 17.7 Å². The first kappa shape index (κ1) is 64.0. The summed E-state index contributed by atoms with van der Waals surface area (Å²) < 4.78 is 21.7. The number of allylic oxidation sites excluding steroid dienone is 3.